The lowest BCUT2D eigenvalue weighted by Gasteiger charge is -2.29. The fraction of sp³-hybridized carbons (Fsp3) is 0.696. The van der Waals surface area contributed by atoms with Crippen LogP contribution < -0.4 is 14.2 Å². The van der Waals surface area contributed by atoms with Gasteiger partial charge in [-0.25, -0.2) is 4.57 Å². The lowest BCUT2D eigenvalue weighted by molar-refractivity contribution is -0.873. The molecule has 0 aliphatic rings. The minimum absolute atomic E-state index is 0.0226. The first-order valence-corrected chi connectivity index (χ1v) is 13.1. The van der Waals surface area contributed by atoms with Crippen LogP contribution in [-0.4, -0.2) is 81.2 Å². The topological polar surface area (TPSA) is 121 Å². The number of unbranched alkanes of at least 4 members (excludes halogenated alkanes) is 3. The number of benzene rings is 1. The van der Waals surface area contributed by atoms with Crippen LogP contribution in [0.3, 0.4) is 0 Å². The van der Waals surface area contributed by atoms with Gasteiger partial charge in [0.15, 0.2) is 0 Å². The molecule has 196 valence electrons. The highest BCUT2D eigenvalue weighted by atomic mass is 31.2. The molecule has 0 bridgehead atoms. The highest BCUT2D eigenvalue weighted by Gasteiger charge is 2.31. The third-order valence-electron chi connectivity index (χ3n) is 4.60. The van der Waals surface area contributed by atoms with Gasteiger partial charge in [-0.2, -0.15) is 0 Å². The molecule has 0 aliphatic carbocycles. The van der Waals surface area contributed by atoms with Crippen LogP contribution in [0.4, 0.5) is 0 Å². The number of likely N-dealkylation sites (N-methyl/N-ethyl adjacent to an activating group) is 1. The molecule has 1 aromatic rings. The van der Waals surface area contributed by atoms with E-state index in [1.54, 1.807) is 19.2 Å². The second-order valence-electron chi connectivity index (χ2n) is 9.06. The molecule has 0 radical (unpaired) electrons. The van der Waals surface area contributed by atoms with Gasteiger partial charge in [-0.05, 0) is 19.3 Å². The molecule has 0 saturated carbocycles. The Morgan fingerprint density at radius 2 is 1.50 bits per heavy atom. The monoisotopic (exact) mass is 506 g/mol. The molecule has 0 amide bonds. The number of carbonyl (C=O) groups is 1. The maximum Gasteiger partial charge on any atom is 0.472 e. The van der Waals surface area contributed by atoms with E-state index in [0.29, 0.717) is 47.8 Å². The number of methoxy groups -OCH3 is 1. The van der Waals surface area contributed by atoms with Gasteiger partial charge in [-0.3, -0.25) is 13.8 Å². The van der Waals surface area contributed by atoms with Crippen molar-refractivity contribution in [2.45, 2.75) is 51.6 Å². The summed E-state index contributed by atoms with van der Waals surface area (Å²) in [5, 5.41) is 9.03. The summed E-state index contributed by atoms with van der Waals surface area (Å²) < 4.78 is 39.6. The number of phosphoric ester groups is 1. The van der Waals surface area contributed by atoms with Crippen LogP contribution in [0.15, 0.2) is 18.2 Å². The summed E-state index contributed by atoms with van der Waals surface area (Å²) in [5.41, 5.74) is 0. The number of carboxylic acids is 1. The number of ether oxygens (including phenoxy) is 3. The molecular weight excluding hydrogens is 465 g/mol. The number of nitrogens with zero attached hydrogens (tertiary/aromatic N) is 1. The fourth-order valence-electron chi connectivity index (χ4n) is 3.11. The van der Waals surface area contributed by atoms with Gasteiger partial charge in [0.1, 0.15) is 29.9 Å². The summed E-state index contributed by atoms with van der Waals surface area (Å²) in [6.45, 7) is 3.36. The maximum absolute atomic E-state index is 12.2. The second kappa shape index (κ2) is 15.2. The summed E-state index contributed by atoms with van der Waals surface area (Å²) in [7, 11) is 2.71. The number of phosphoric acid groups is 1. The van der Waals surface area contributed by atoms with Crippen LogP contribution in [0.5, 0.6) is 17.2 Å². The van der Waals surface area contributed by atoms with Gasteiger partial charge in [0.05, 0.1) is 54.5 Å². The number of hydrogen-bond donors (Lipinski definition) is 2. The Hall–Kier alpha value is -1.84. The minimum Gasteiger partial charge on any atom is -0.496 e. The van der Waals surface area contributed by atoms with Gasteiger partial charge in [-0.1, -0.05) is 19.8 Å². The number of hydrogen-bond acceptors (Lipinski definition) is 7. The number of aliphatic carboxylic acids is 1. The molecule has 10 nitrogen and oxygen atoms in total. The van der Waals surface area contributed by atoms with E-state index < -0.39 is 19.9 Å². The lowest BCUT2D eigenvalue weighted by atomic mass is 10.2. The molecular formula is C23H41NO9P+. The van der Waals surface area contributed by atoms with E-state index in [1.165, 1.54) is 0 Å². The SMILES string of the molecule is CCCCCOc1cc(OC)cc(OCCCCOP(=O)(O)OC(CC(=O)O)C[N+](C)(C)C)c1. The number of quaternary nitrogens is 1. The summed E-state index contributed by atoms with van der Waals surface area (Å²) in [6, 6.07) is 5.38. The molecule has 2 N–H and O–H groups in total. The molecule has 1 aromatic carbocycles. The molecule has 0 spiro atoms. The molecule has 1 rings (SSSR count). The van der Waals surface area contributed by atoms with Crippen molar-refractivity contribution in [3.63, 3.8) is 0 Å². The number of rotatable bonds is 19. The Labute approximate surface area is 202 Å². The normalized spacial score (nSPS) is 14.3. The Bertz CT molecular complexity index is 782. The standard InChI is InChI=1S/C23H40NO9P/c1-6-7-8-11-30-20-14-19(29-5)15-21(16-20)31-12-9-10-13-32-34(27,28)33-22(17-23(25)26)18-24(2,3)4/h14-16,22H,6-13,17-18H2,1-5H3,(H-,25,26,27,28)/p+1. The number of carboxylic acid groups (broad SMARTS) is 1. The van der Waals surface area contributed by atoms with Crippen molar-refractivity contribution < 1.29 is 47.1 Å². The first kappa shape index (κ1) is 30.2. The van der Waals surface area contributed by atoms with E-state index in [9.17, 15) is 14.3 Å². The van der Waals surface area contributed by atoms with Gasteiger partial charge >= 0.3 is 13.8 Å². The van der Waals surface area contributed by atoms with Gasteiger partial charge in [0.25, 0.3) is 0 Å². The Morgan fingerprint density at radius 1 is 0.971 bits per heavy atom. The first-order chi connectivity index (χ1) is 15.9. The highest BCUT2D eigenvalue weighted by molar-refractivity contribution is 7.47. The quantitative estimate of drug-likeness (QED) is 0.162. The second-order valence-corrected chi connectivity index (χ2v) is 10.5. The van der Waals surface area contributed by atoms with Crippen LogP contribution in [0.2, 0.25) is 0 Å². The molecule has 0 aliphatic heterocycles. The Morgan fingerprint density at radius 3 is 2.00 bits per heavy atom. The van der Waals surface area contributed by atoms with Crippen LogP contribution >= 0.6 is 7.82 Å². The zero-order valence-corrected chi connectivity index (χ0v) is 21.9. The zero-order valence-electron chi connectivity index (χ0n) is 21.0. The highest BCUT2D eigenvalue weighted by Crippen LogP contribution is 2.45. The van der Waals surface area contributed by atoms with E-state index in [4.69, 9.17) is 28.4 Å². The molecule has 2 unspecified atom stereocenters. The van der Waals surface area contributed by atoms with Crippen LogP contribution in [0.1, 0.15) is 45.4 Å². The van der Waals surface area contributed by atoms with Crippen molar-refractivity contribution in [3.8, 4) is 17.2 Å². The molecule has 0 aromatic heterocycles. The van der Waals surface area contributed by atoms with Gasteiger partial charge < -0.3 is 28.7 Å². The molecule has 11 heteroatoms. The Balaban J connectivity index is 2.44. The lowest BCUT2D eigenvalue weighted by Crippen LogP contribution is -2.42. The Kier molecular flexibility index (Phi) is 13.5. The summed E-state index contributed by atoms with van der Waals surface area (Å²) in [6.07, 6.45) is 2.91. The van der Waals surface area contributed by atoms with E-state index in [2.05, 4.69) is 6.92 Å². The van der Waals surface area contributed by atoms with Crippen LogP contribution in [-0.2, 0) is 18.4 Å². The largest absolute Gasteiger partial charge is 0.496 e. The van der Waals surface area contributed by atoms with Gasteiger partial charge in [0.2, 0.25) is 0 Å². The van der Waals surface area contributed by atoms with E-state index >= 15 is 0 Å². The average Bonchev–Trinajstić information content (AvgIpc) is 2.71. The van der Waals surface area contributed by atoms with Crippen molar-refractivity contribution in [2.24, 2.45) is 0 Å². The van der Waals surface area contributed by atoms with Crippen molar-refractivity contribution >= 4 is 13.8 Å². The average molecular weight is 507 g/mol. The fourth-order valence-corrected chi connectivity index (χ4v) is 4.04. The molecule has 0 saturated heterocycles. The van der Waals surface area contributed by atoms with Crippen molar-refractivity contribution in [2.75, 3.05) is 54.6 Å². The van der Waals surface area contributed by atoms with Crippen LogP contribution in [0.25, 0.3) is 0 Å². The third kappa shape index (κ3) is 14.4. The first-order valence-electron chi connectivity index (χ1n) is 11.6. The van der Waals surface area contributed by atoms with E-state index in [-0.39, 0.29) is 19.6 Å². The predicted molar refractivity (Wildman–Crippen MR) is 129 cm³/mol. The van der Waals surface area contributed by atoms with Crippen molar-refractivity contribution in [3.05, 3.63) is 18.2 Å². The zero-order chi connectivity index (χ0) is 25.6. The van der Waals surface area contributed by atoms with Crippen molar-refractivity contribution in [1.29, 1.82) is 0 Å². The predicted octanol–water partition coefficient (Wildman–Crippen LogP) is 4.11. The molecule has 34 heavy (non-hydrogen) atoms. The molecule has 0 heterocycles. The maximum atomic E-state index is 12.2. The molecule has 2 atom stereocenters. The summed E-state index contributed by atoms with van der Waals surface area (Å²) in [4.78, 5) is 21.0. The summed E-state index contributed by atoms with van der Waals surface area (Å²) in [5.74, 6) is 0.813. The smallest absolute Gasteiger partial charge is 0.472 e. The van der Waals surface area contributed by atoms with Crippen molar-refractivity contribution in [1.82, 2.24) is 0 Å². The summed E-state index contributed by atoms with van der Waals surface area (Å²) >= 11 is 0. The van der Waals surface area contributed by atoms with Crippen LogP contribution in [0, 0.1) is 0 Å². The van der Waals surface area contributed by atoms with Gasteiger partial charge in [0, 0.05) is 18.2 Å². The van der Waals surface area contributed by atoms with Gasteiger partial charge in [-0.15, -0.1) is 0 Å². The van der Waals surface area contributed by atoms with E-state index in [0.717, 1.165) is 19.3 Å². The van der Waals surface area contributed by atoms with E-state index in [1.807, 2.05) is 27.2 Å². The minimum atomic E-state index is -4.38. The molecule has 0 fully saturated rings. The third-order valence-corrected chi connectivity index (χ3v) is 5.68.